The zero-order chi connectivity index (χ0) is 12.3. The van der Waals surface area contributed by atoms with Gasteiger partial charge in [0.2, 0.25) is 5.91 Å². The Morgan fingerprint density at radius 3 is 3.00 bits per heavy atom. The highest BCUT2D eigenvalue weighted by atomic mass is 32.1. The van der Waals surface area contributed by atoms with Gasteiger partial charge in [0, 0.05) is 11.4 Å². The summed E-state index contributed by atoms with van der Waals surface area (Å²) in [6, 6.07) is 0.0286. The summed E-state index contributed by atoms with van der Waals surface area (Å²) >= 11 is 1.61. The number of amides is 1. The van der Waals surface area contributed by atoms with Gasteiger partial charge in [0.05, 0.1) is 23.2 Å². The molecule has 0 aromatic carbocycles. The van der Waals surface area contributed by atoms with Crippen molar-refractivity contribution in [1.29, 1.82) is 0 Å². The third kappa shape index (κ3) is 3.26. The van der Waals surface area contributed by atoms with Gasteiger partial charge in [0.1, 0.15) is 0 Å². The monoisotopic (exact) mass is 253 g/mol. The number of carbonyl (C=O) groups is 1. The first-order chi connectivity index (χ1) is 8.16. The molecule has 0 aliphatic heterocycles. The third-order valence-electron chi connectivity index (χ3n) is 3.27. The first-order valence-corrected chi connectivity index (χ1v) is 6.99. The van der Waals surface area contributed by atoms with Crippen LogP contribution in [-0.4, -0.2) is 16.9 Å². The Hall–Kier alpha value is -0.940. The molecule has 0 spiro atoms. The zero-order valence-electron chi connectivity index (χ0n) is 10.1. The SMILES string of the molecule is Cc1nc(CNC(=O)C2CCCCC2N)cs1. The number of nitrogens with two attached hydrogens (primary N) is 1. The van der Waals surface area contributed by atoms with Crippen LogP contribution in [0.2, 0.25) is 0 Å². The summed E-state index contributed by atoms with van der Waals surface area (Å²) in [6.07, 6.45) is 4.15. The Kier molecular flexibility index (Phi) is 4.12. The van der Waals surface area contributed by atoms with Crippen LogP contribution in [0.1, 0.15) is 36.4 Å². The molecule has 1 aliphatic carbocycles. The summed E-state index contributed by atoms with van der Waals surface area (Å²) in [5.74, 6) is 0.0753. The number of rotatable bonds is 3. The van der Waals surface area contributed by atoms with Crippen LogP contribution in [0.5, 0.6) is 0 Å². The van der Waals surface area contributed by atoms with E-state index < -0.39 is 0 Å². The summed E-state index contributed by atoms with van der Waals surface area (Å²) in [5.41, 5.74) is 6.91. The van der Waals surface area contributed by atoms with Crippen LogP contribution in [0.4, 0.5) is 0 Å². The molecule has 1 fully saturated rings. The van der Waals surface area contributed by atoms with E-state index in [-0.39, 0.29) is 17.9 Å². The van der Waals surface area contributed by atoms with E-state index in [0.717, 1.165) is 36.4 Å². The zero-order valence-corrected chi connectivity index (χ0v) is 10.9. The van der Waals surface area contributed by atoms with E-state index in [1.165, 1.54) is 0 Å². The molecule has 1 aromatic rings. The Morgan fingerprint density at radius 2 is 2.35 bits per heavy atom. The van der Waals surface area contributed by atoms with Crippen molar-refractivity contribution in [2.45, 2.75) is 45.2 Å². The first kappa shape index (κ1) is 12.5. The van der Waals surface area contributed by atoms with Gasteiger partial charge in [-0.1, -0.05) is 12.8 Å². The van der Waals surface area contributed by atoms with Crippen LogP contribution < -0.4 is 11.1 Å². The number of carbonyl (C=O) groups excluding carboxylic acids is 1. The molecule has 0 radical (unpaired) electrons. The molecule has 4 nitrogen and oxygen atoms in total. The summed E-state index contributed by atoms with van der Waals surface area (Å²) in [4.78, 5) is 16.3. The van der Waals surface area contributed by atoms with E-state index in [4.69, 9.17) is 5.73 Å². The highest BCUT2D eigenvalue weighted by molar-refractivity contribution is 7.09. The molecule has 1 saturated carbocycles. The Bertz CT molecular complexity index is 391. The number of nitrogens with zero attached hydrogens (tertiary/aromatic N) is 1. The molecule has 94 valence electrons. The number of aryl methyl sites for hydroxylation is 1. The second-order valence-corrected chi connectivity index (χ2v) is 5.69. The van der Waals surface area contributed by atoms with Crippen LogP contribution in [-0.2, 0) is 11.3 Å². The molecule has 2 unspecified atom stereocenters. The molecule has 1 aromatic heterocycles. The predicted octanol–water partition coefficient (Wildman–Crippen LogP) is 1.59. The Labute approximate surface area is 106 Å². The maximum absolute atomic E-state index is 12.0. The average Bonchev–Trinajstić information content (AvgIpc) is 2.73. The molecule has 1 aliphatic rings. The minimum Gasteiger partial charge on any atom is -0.350 e. The van der Waals surface area contributed by atoms with Gasteiger partial charge in [-0.2, -0.15) is 0 Å². The first-order valence-electron chi connectivity index (χ1n) is 6.11. The molecular weight excluding hydrogens is 234 g/mol. The third-order valence-corrected chi connectivity index (χ3v) is 4.09. The van der Waals surface area contributed by atoms with Crippen molar-refractivity contribution >= 4 is 17.2 Å². The molecule has 2 rings (SSSR count). The highest BCUT2D eigenvalue weighted by Crippen LogP contribution is 2.23. The lowest BCUT2D eigenvalue weighted by molar-refractivity contribution is -0.126. The van der Waals surface area contributed by atoms with Gasteiger partial charge >= 0.3 is 0 Å². The summed E-state index contributed by atoms with van der Waals surface area (Å²) < 4.78 is 0. The number of thiazole rings is 1. The predicted molar refractivity (Wildman–Crippen MR) is 68.6 cm³/mol. The largest absolute Gasteiger partial charge is 0.350 e. The van der Waals surface area contributed by atoms with Gasteiger partial charge in [-0.25, -0.2) is 4.98 Å². The molecule has 1 heterocycles. The number of hydrogen-bond donors (Lipinski definition) is 2. The van der Waals surface area contributed by atoms with Crippen molar-refractivity contribution in [2.24, 2.45) is 11.7 Å². The van der Waals surface area contributed by atoms with E-state index in [9.17, 15) is 4.79 Å². The lowest BCUT2D eigenvalue weighted by atomic mass is 9.84. The van der Waals surface area contributed by atoms with Gasteiger partial charge < -0.3 is 11.1 Å². The normalized spacial score (nSPS) is 24.6. The molecule has 17 heavy (non-hydrogen) atoms. The molecule has 5 heteroatoms. The summed E-state index contributed by atoms with van der Waals surface area (Å²) in [7, 11) is 0. The molecule has 0 saturated heterocycles. The molecule has 3 N–H and O–H groups in total. The lowest BCUT2D eigenvalue weighted by Gasteiger charge is -2.27. The van der Waals surface area contributed by atoms with Gasteiger partial charge in [-0.15, -0.1) is 11.3 Å². The standard InChI is InChI=1S/C12H19N3OS/c1-8-15-9(7-17-8)6-14-12(16)10-4-2-3-5-11(10)13/h7,10-11H,2-6,13H2,1H3,(H,14,16). The minimum absolute atomic E-state index is 0.0107. The Morgan fingerprint density at radius 1 is 1.59 bits per heavy atom. The fraction of sp³-hybridized carbons (Fsp3) is 0.667. The van der Waals surface area contributed by atoms with Crippen LogP contribution >= 0.6 is 11.3 Å². The van der Waals surface area contributed by atoms with Crippen LogP contribution in [0.3, 0.4) is 0 Å². The van der Waals surface area contributed by atoms with Crippen molar-refractivity contribution in [3.63, 3.8) is 0 Å². The van der Waals surface area contributed by atoms with Gasteiger partial charge in [0.15, 0.2) is 0 Å². The molecule has 1 amide bonds. The van der Waals surface area contributed by atoms with Crippen LogP contribution in [0, 0.1) is 12.8 Å². The van der Waals surface area contributed by atoms with Gasteiger partial charge in [-0.05, 0) is 19.8 Å². The van der Waals surface area contributed by atoms with E-state index in [0.29, 0.717) is 6.54 Å². The molecule has 2 atom stereocenters. The quantitative estimate of drug-likeness (QED) is 0.859. The van der Waals surface area contributed by atoms with E-state index in [2.05, 4.69) is 10.3 Å². The second kappa shape index (κ2) is 5.60. The smallest absolute Gasteiger partial charge is 0.224 e. The maximum atomic E-state index is 12.0. The lowest BCUT2D eigenvalue weighted by Crippen LogP contribution is -2.43. The maximum Gasteiger partial charge on any atom is 0.224 e. The molecule has 0 bridgehead atoms. The van der Waals surface area contributed by atoms with Crippen LogP contribution in [0.25, 0.3) is 0 Å². The van der Waals surface area contributed by atoms with Crippen molar-refractivity contribution in [3.05, 3.63) is 16.1 Å². The summed E-state index contributed by atoms with van der Waals surface area (Å²) in [5, 5.41) is 5.95. The van der Waals surface area contributed by atoms with E-state index in [1.807, 2.05) is 12.3 Å². The second-order valence-electron chi connectivity index (χ2n) is 4.63. The van der Waals surface area contributed by atoms with Gasteiger partial charge in [0.25, 0.3) is 0 Å². The van der Waals surface area contributed by atoms with Crippen molar-refractivity contribution in [3.8, 4) is 0 Å². The average molecular weight is 253 g/mol. The van der Waals surface area contributed by atoms with Crippen molar-refractivity contribution in [1.82, 2.24) is 10.3 Å². The number of hydrogen-bond acceptors (Lipinski definition) is 4. The molecular formula is C12H19N3OS. The fourth-order valence-electron chi connectivity index (χ4n) is 2.28. The van der Waals surface area contributed by atoms with E-state index >= 15 is 0 Å². The number of nitrogens with one attached hydrogen (secondary N) is 1. The number of aromatic nitrogens is 1. The topological polar surface area (TPSA) is 68.0 Å². The summed E-state index contributed by atoms with van der Waals surface area (Å²) in [6.45, 7) is 2.49. The van der Waals surface area contributed by atoms with Gasteiger partial charge in [-0.3, -0.25) is 4.79 Å². The van der Waals surface area contributed by atoms with Crippen LogP contribution in [0.15, 0.2) is 5.38 Å². The van der Waals surface area contributed by atoms with E-state index in [1.54, 1.807) is 11.3 Å². The Balaban J connectivity index is 1.84. The fourth-order valence-corrected chi connectivity index (χ4v) is 2.90. The highest BCUT2D eigenvalue weighted by Gasteiger charge is 2.27. The minimum atomic E-state index is -0.0107. The van der Waals surface area contributed by atoms with Crippen molar-refractivity contribution in [2.75, 3.05) is 0 Å². The van der Waals surface area contributed by atoms with Crippen molar-refractivity contribution < 1.29 is 4.79 Å².